The number of aliphatic hydroxyl groups excluding tert-OH is 1. The molecule has 0 spiro atoms. The zero-order valence-corrected chi connectivity index (χ0v) is 14.7. The van der Waals surface area contributed by atoms with E-state index in [0.717, 1.165) is 57.8 Å². The molecule has 128 valence electrons. The molecule has 3 N–H and O–H groups in total. The van der Waals surface area contributed by atoms with Crippen LogP contribution in [0.3, 0.4) is 0 Å². The molecule has 0 aromatic carbocycles. The Morgan fingerprint density at radius 2 is 2.22 bits per heavy atom. The van der Waals surface area contributed by atoms with Gasteiger partial charge < -0.3 is 20.6 Å². The second kappa shape index (κ2) is 7.53. The quantitative estimate of drug-likeness (QED) is 0.550. The topological polar surface area (TPSA) is 59.9 Å². The maximum absolute atomic E-state index is 9.43. The smallest absolute Gasteiger partial charge is 0.191 e. The summed E-state index contributed by atoms with van der Waals surface area (Å²) in [4.78, 5) is 7.17. The van der Waals surface area contributed by atoms with Crippen LogP contribution in [0.25, 0.3) is 0 Å². The molecule has 1 aliphatic carbocycles. The van der Waals surface area contributed by atoms with Crippen LogP contribution in [0.5, 0.6) is 0 Å². The number of anilines is 1. The number of piperidine rings is 1. The van der Waals surface area contributed by atoms with Gasteiger partial charge in [-0.3, -0.25) is 4.99 Å². The van der Waals surface area contributed by atoms with Crippen molar-refractivity contribution in [2.75, 3.05) is 37.7 Å². The minimum absolute atomic E-state index is 0.0743. The van der Waals surface area contributed by atoms with E-state index in [1.165, 1.54) is 5.00 Å². The minimum Gasteiger partial charge on any atom is -0.396 e. The monoisotopic (exact) mass is 336 g/mol. The van der Waals surface area contributed by atoms with Crippen molar-refractivity contribution < 1.29 is 5.11 Å². The van der Waals surface area contributed by atoms with Crippen LogP contribution in [-0.4, -0.2) is 49.9 Å². The van der Waals surface area contributed by atoms with Crippen molar-refractivity contribution in [2.24, 2.45) is 10.4 Å². The molecule has 23 heavy (non-hydrogen) atoms. The van der Waals surface area contributed by atoms with Crippen LogP contribution in [0.15, 0.2) is 22.5 Å². The van der Waals surface area contributed by atoms with Crippen molar-refractivity contribution in [3.8, 4) is 0 Å². The highest BCUT2D eigenvalue weighted by molar-refractivity contribution is 7.14. The molecule has 6 heteroatoms. The van der Waals surface area contributed by atoms with Crippen molar-refractivity contribution in [3.05, 3.63) is 17.5 Å². The Hall–Kier alpha value is -1.27. The molecule has 1 saturated heterocycles. The summed E-state index contributed by atoms with van der Waals surface area (Å²) in [5.41, 5.74) is 0.0743. The van der Waals surface area contributed by atoms with Gasteiger partial charge in [-0.05, 0) is 50.1 Å². The summed E-state index contributed by atoms with van der Waals surface area (Å²) in [6.07, 6.45) is 4.47. The number of thiophene rings is 1. The lowest BCUT2D eigenvalue weighted by molar-refractivity contribution is 0.216. The van der Waals surface area contributed by atoms with E-state index in [0.29, 0.717) is 6.04 Å². The van der Waals surface area contributed by atoms with Gasteiger partial charge in [-0.25, -0.2) is 0 Å². The molecule has 0 bridgehead atoms. The highest BCUT2D eigenvalue weighted by Crippen LogP contribution is 2.45. The van der Waals surface area contributed by atoms with E-state index in [1.807, 2.05) is 11.3 Å². The number of hydrogen-bond acceptors (Lipinski definition) is 4. The summed E-state index contributed by atoms with van der Waals surface area (Å²) in [5, 5.41) is 19.9. The molecule has 2 heterocycles. The van der Waals surface area contributed by atoms with Gasteiger partial charge >= 0.3 is 0 Å². The molecular formula is C17H28N4OS. The molecule has 1 aromatic heterocycles. The Morgan fingerprint density at radius 3 is 2.78 bits per heavy atom. The van der Waals surface area contributed by atoms with Crippen LogP contribution < -0.4 is 15.5 Å². The Kier molecular flexibility index (Phi) is 5.43. The Labute approximate surface area is 142 Å². The van der Waals surface area contributed by atoms with Crippen molar-refractivity contribution in [2.45, 2.75) is 38.6 Å². The van der Waals surface area contributed by atoms with Crippen molar-refractivity contribution in [3.63, 3.8) is 0 Å². The fourth-order valence-electron chi connectivity index (χ4n) is 3.00. The average molecular weight is 337 g/mol. The van der Waals surface area contributed by atoms with Crippen LogP contribution in [0.2, 0.25) is 0 Å². The zero-order valence-electron chi connectivity index (χ0n) is 13.9. The van der Waals surface area contributed by atoms with Crippen LogP contribution in [-0.2, 0) is 0 Å². The van der Waals surface area contributed by atoms with E-state index in [9.17, 15) is 5.11 Å². The first-order valence-corrected chi connectivity index (χ1v) is 9.57. The highest BCUT2D eigenvalue weighted by atomic mass is 32.1. The second-order valence-electron chi connectivity index (χ2n) is 6.71. The predicted molar refractivity (Wildman–Crippen MR) is 97.4 cm³/mol. The van der Waals surface area contributed by atoms with Gasteiger partial charge in [0.15, 0.2) is 5.96 Å². The summed E-state index contributed by atoms with van der Waals surface area (Å²) < 4.78 is 0. The number of hydrogen-bond donors (Lipinski definition) is 3. The average Bonchev–Trinajstić information content (AvgIpc) is 3.16. The third-order valence-corrected chi connectivity index (χ3v) is 5.79. The molecule has 0 atom stereocenters. The lowest BCUT2D eigenvalue weighted by atomic mass is 10.1. The standard InChI is InChI=1S/C17H28N4OS/c1-2-18-16(19-12-17(13-22)7-8-17)20-14-5-9-21(10-6-14)15-4-3-11-23-15/h3-4,11,14,22H,2,5-10,12-13H2,1H3,(H2,18,19,20). The van der Waals surface area contributed by atoms with Crippen LogP contribution in [0, 0.1) is 5.41 Å². The van der Waals surface area contributed by atoms with Gasteiger partial charge in [-0.15, -0.1) is 11.3 Å². The van der Waals surface area contributed by atoms with E-state index in [1.54, 1.807) is 0 Å². The van der Waals surface area contributed by atoms with Gasteiger partial charge in [-0.2, -0.15) is 0 Å². The molecule has 0 unspecified atom stereocenters. The van der Waals surface area contributed by atoms with Gasteiger partial charge in [0.2, 0.25) is 0 Å². The van der Waals surface area contributed by atoms with Gasteiger partial charge in [-0.1, -0.05) is 0 Å². The van der Waals surface area contributed by atoms with Crippen LogP contribution in [0.4, 0.5) is 5.00 Å². The van der Waals surface area contributed by atoms with E-state index in [4.69, 9.17) is 4.99 Å². The molecule has 2 fully saturated rings. The maximum Gasteiger partial charge on any atom is 0.191 e. The third-order valence-electron chi connectivity index (χ3n) is 4.86. The van der Waals surface area contributed by atoms with Crippen LogP contribution >= 0.6 is 11.3 Å². The molecule has 1 saturated carbocycles. The lowest BCUT2D eigenvalue weighted by Gasteiger charge is -2.33. The fraction of sp³-hybridized carbons (Fsp3) is 0.706. The number of nitrogens with one attached hydrogen (secondary N) is 2. The van der Waals surface area contributed by atoms with Crippen molar-refractivity contribution in [1.29, 1.82) is 0 Å². The van der Waals surface area contributed by atoms with Gasteiger partial charge in [0.05, 0.1) is 18.2 Å². The first-order chi connectivity index (χ1) is 11.2. The Balaban J connectivity index is 1.49. The van der Waals surface area contributed by atoms with Crippen molar-refractivity contribution in [1.82, 2.24) is 10.6 Å². The van der Waals surface area contributed by atoms with E-state index in [2.05, 4.69) is 40.0 Å². The third kappa shape index (κ3) is 4.38. The van der Waals surface area contributed by atoms with Gasteiger partial charge in [0.25, 0.3) is 0 Å². The molecule has 1 aliphatic heterocycles. The number of rotatable bonds is 6. The summed E-state index contributed by atoms with van der Waals surface area (Å²) in [5.74, 6) is 0.904. The minimum atomic E-state index is 0.0743. The Morgan fingerprint density at radius 1 is 1.43 bits per heavy atom. The first kappa shape index (κ1) is 16.6. The number of aliphatic hydroxyl groups is 1. The van der Waals surface area contributed by atoms with E-state index >= 15 is 0 Å². The molecule has 1 aromatic rings. The summed E-state index contributed by atoms with van der Waals surface area (Å²) >= 11 is 1.82. The predicted octanol–water partition coefficient (Wildman–Crippen LogP) is 2.04. The van der Waals surface area contributed by atoms with Crippen molar-refractivity contribution >= 4 is 22.3 Å². The zero-order chi connectivity index (χ0) is 16.1. The molecule has 0 amide bonds. The summed E-state index contributed by atoms with van der Waals surface area (Å²) in [6, 6.07) is 4.80. The SMILES string of the molecule is CCNC(=NCC1(CO)CC1)NC1CCN(c2cccs2)CC1. The van der Waals surface area contributed by atoms with E-state index in [-0.39, 0.29) is 12.0 Å². The highest BCUT2D eigenvalue weighted by Gasteiger charge is 2.41. The largest absolute Gasteiger partial charge is 0.396 e. The van der Waals surface area contributed by atoms with Crippen LogP contribution in [0.1, 0.15) is 32.6 Å². The lowest BCUT2D eigenvalue weighted by Crippen LogP contribution is -2.48. The molecular weight excluding hydrogens is 308 g/mol. The van der Waals surface area contributed by atoms with Gasteiger partial charge in [0, 0.05) is 31.1 Å². The molecule has 5 nitrogen and oxygen atoms in total. The normalized spacial score (nSPS) is 21.3. The number of nitrogens with zero attached hydrogens (tertiary/aromatic N) is 2. The summed E-state index contributed by atoms with van der Waals surface area (Å²) in [7, 11) is 0. The van der Waals surface area contributed by atoms with E-state index < -0.39 is 0 Å². The fourth-order valence-corrected chi connectivity index (χ4v) is 3.78. The number of guanidine groups is 1. The molecule has 0 radical (unpaired) electrons. The number of aliphatic imine (C=N–C) groups is 1. The second-order valence-corrected chi connectivity index (χ2v) is 7.64. The first-order valence-electron chi connectivity index (χ1n) is 8.69. The van der Waals surface area contributed by atoms with Gasteiger partial charge in [0.1, 0.15) is 0 Å². The molecule has 2 aliphatic rings. The maximum atomic E-state index is 9.43. The summed E-state index contributed by atoms with van der Waals surface area (Å²) in [6.45, 7) is 6.14. The Bertz CT molecular complexity index is 505. The molecule has 3 rings (SSSR count).